The number of hydrogen-bond acceptors (Lipinski definition) is 5. The van der Waals surface area contributed by atoms with E-state index in [1.807, 2.05) is 30.3 Å². The third-order valence-electron chi connectivity index (χ3n) is 5.29. The van der Waals surface area contributed by atoms with Gasteiger partial charge >= 0.3 is 0 Å². The van der Waals surface area contributed by atoms with Crippen LogP contribution in [0.5, 0.6) is 5.75 Å². The van der Waals surface area contributed by atoms with Crippen LogP contribution in [0.3, 0.4) is 0 Å². The molecule has 1 aromatic heterocycles. The number of benzene rings is 1. The minimum atomic E-state index is -0.483. The van der Waals surface area contributed by atoms with E-state index in [9.17, 15) is 0 Å². The molecular weight excluding hydrogens is 410 g/mol. The minimum absolute atomic E-state index is 0.172. The number of pyridine rings is 1. The molecule has 0 amide bonds. The molecular formula is C21H24BrNO4. The monoisotopic (exact) mass is 433 g/mol. The van der Waals surface area contributed by atoms with Crippen molar-refractivity contribution >= 4 is 15.9 Å². The van der Waals surface area contributed by atoms with Gasteiger partial charge in [-0.15, -0.1) is 0 Å². The van der Waals surface area contributed by atoms with Gasteiger partial charge < -0.3 is 18.9 Å². The smallest absolute Gasteiger partial charge is 0.135 e. The maximum absolute atomic E-state index is 6.16. The molecule has 2 fully saturated rings. The number of rotatable bonds is 7. The molecule has 1 saturated heterocycles. The van der Waals surface area contributed by atoms with Crippen molar-refractivity contribution in [1.29, 1.82) is 0 Å². The van der Waals surface area contributed by atoms with Gasteiger partial charge in [0.05, 0.1) is 25.0 Å². The van der Waals surface area contributed by atoms with Crippen molar-refractivity contribution in [3.05, 3.63) is 58.3 Å². The van der Waals surface area contributed by atoms with Crippen LogP contribution in [0.25, 0.3) is 0 Å². The largest absolute Gasteiger partial charge is 0.490 e. The molecule has 4 rings (SSSR count). The van der Waals surface area contributed by atoms with Gasteiger partial charge in [-0.1, -0.05) is 30.3 Å². The lowest BCUT2D eigenvalue weighted by atomic mass is 9.91. The number of methoxy groups -OCH3 is 1. The molecule has 1 aliphatic heterocycles. The second-order valence-electron chi connectivity index (χ2n) is 7.14. The number of nitrogens with zero attached hydrogens (tertiary/aromatic N) is 1. The first-order valence-corrected chi connectivity index (χ1v) is 10.1. The molecule has 0 spiro atoms. The third-order valence-corrected chi connectivity index (χ3v) is 5.70. The van der Waals surface area contributed by atoms with Crippen LogP contribution in [0.2, 0.25) is 0 Å². The van der Waals surface area contributed by atoms with Crippen LogP contribution in [-0.4, -0.2) is 37.5 Å². The van der Waals surface area contributed by atoms with Crippen molar-refractivity contribution in [2.45, 2.75) is 43.7 Å². The van der Waals surface area contributed by atoms with E-state index < -0.39 is 5.60 Å². The summed E-state index contributed by atoms with van der Waals surface area (Å²) in [6.45, 7) is 1.85. The van der Waals surface area contributed by atoms with Gasteiger partial charge in [-0.3, -0.25) is 0 Å². The number of ether oxygens (including phenoxy) is 4. The first-order valence-electron chi connectivity index (χ1n) is 9.30. The second-order valence-corrected chi connectivity index (χ2v) is 7.95. The lowest BCUT2D eigenvalue weighted by molar-refractivity contribution is -0.0686. The van der Waals surface area contributed by atoms with Gasteiger partial charge in [-0.2, -0.15) is 0 Å². The SMILES string of the molecule is CO[C@@]1(c2cc(OC3CC(OCc4ccccc4)C3)cc(Br)n2)CCOC1. The van der Waals surface area contributed by atoms with Crippen LogP contribution in [0.4, 0.5) is 0 Å². The molecule has 2 aromatic rings. The van der Waals surface area contributed by atoms with Crippen molar-refractivity contribution in [2.75, 3.05) is 20.3 Å². The molecule has 2 aliphatic rings. The average Bonchev–Trinajstić information content (AvgIpc) is 3.14. The predicted molar refractivity (Wildman–Crippen MR) is 105 cm³/mol. The van der Waals surface area contributed by atoms with E-state index in [2.05, 4.69) is 33.0 Å². The van der Waals surface area contributed by atoms with Gasteiger partial charge in [0.25, 0.3) is 0 Å². The Labute approximate surface area is 168 Å². The van der Waals surface area contributed by atoms with Gasteiger partial charge in [0.1, 0.15) is 22.1 Å². The Bertz CT molecular complexity index is 758. The van der Waals surface area contributed by atoms with Crippen molar-refractivity contribution in [1.82, 2.24) is 4.98 Å². The standard InChI is InChI=1S/C21H24BrNO4/c1-24-21(7-8-25-14-21)19-11-18(12-20(22)23-19)27-17-9-16(10-17)26-13-15-5-3-2-4-6-15/h2-6,11-12,16-17H,7-10,13-14H2,1H3/t16?,17?,21-/m0/s1. The molecule has 1 aromatic carbocycles. The summed E-state index contributed by atoms with van der Waals surface area (Å²) in [7, 11) is 1.71. The highest BCUT2D eigenvalue weighted by Crippen LogP contribution is 2.36. The highest BCUT2D eigenvalue weighted by molar-refractivity contribution is 9.10. The topological polar surface area (TPSA) is 49.8 Å². The highest BCUT2D eigenvalue weighted by Gasteiger charge is 2.39. The van der Waals surface area contributed by atoms with Crippen LogP contribution in [0, 0.1) is 0 Å². The van der Waals surface area contributed by atoms with E-state index in [1.165, 1.54) is 5.56 Å². The average molecular weight is 434 g/mol. The summed E-state index contributed by atoms with van der Waals surface area (Å²) < 4.78 is 24.1. The fraction of sp³-hybridized carbons (Fsp3) is 0.476. The highest BCUT2D eigenvalue weighted by atomic mass is 79.9. The van der Waals surface area contributed by atoms with E-state index in [1.54, 1.807) is 7.11 Å². The summed E-state index contributed by atoms with van der Waals surface area (Å²) in [4.78, 5) is 4.59. The summed E-state index contributed by atoms with van der Waals surface area (Å²) >= 11 is 3.49. The molecule has 2 heterocycles. The van der Waals surface area contributed by atoms with Crippen molar-refractivity contribution in [3.8, 4) is 5.75 Å². The fourth-order valence-electron chi connectivity index (χ4n) is 3.52. The zero-order valence-electron chi connectivity index (χ0n) is 15.4. The Morgan fingerprint density at radius 2 is 2.00 bits per heavy atom. The minimum Gasteiger partial charge on any atom is -0.490 e. The number of hydrogen-bond donors (Lipinski definition) is 0. The maximum atomic E-state index is 6.16. The predicted octanol–water partition coefficient (Wildman–Crippen LogP) is 4.23. The summed E-state index contributed by atoms with van der Waals surface area (Å²) in [5.41, 5.74) is 1.57. The van der Waals surface area contributed by atoms with E-state index in [0.717, 1.165) is 35.3 Å². The molecule has 5 nitrogen and oxygen atoms in total. The van der Waals surface area contributed by atoms with E-state index >= 15 is 0 Å². The molecule has 0 unspecified atom stereocenters. The zero-order valence-corrected chi connectivity index (χ0v) is 17.0. The van der Waals surface area contributed by atoms with Gasteiger partial charge in [-0.25, -0.2) is 4.98 Å². The lowest BCUT2D eigenvalue weighted by Crippen LogP contribution is -2.39. The molecule has 6 heteroatoms. The lowest BCUT2D eigenvalue weighted by Gasteiger charge is -2.35. The third kappa shape index (κ3) is 4.35. The van der Waals surface area contributed by atoms with Crippen molar-refractivity contribution < 1.29 is 18.9 Å². The quantitative estimate of drug-likeness (QED) is 0.611. The number of halogens is 1. The van der Waals surface area contributed by atoms with Crippen molar-refractivity contribution in [2.24, 2.45) is 0 Å². The molecule has 0 radical (unpaired) electrons. The Morgan fingerprint density at radius 1 is 1.19 bits per heavy atom. The van der Waals surface area contributed by atoms with Gasteiger partial charge in [0, 0.05) is 45.1 Å². The molecule has 1 aliphatic carbocycles. The summed E-state index contributed by atoms with van der Waals surface area (Å²) in [5, 5.41) is 0. The van der Waals surface area contributed by atoms with Crippen LogP contribution in [-0.2, 0) is 26.4 Å². The molecule has 0 bridgehead atoms. The Balaban J connectivity index is 1.33. The first-order chi connectivity index (χ1) is 13.2. The normalized spacial score (nSPS) is 27.3. The van der Waals surface area contributed by atoms with Gasteiger partial charge in [-0.05, 0) is 21.5 Å². The summed E-state index contributed by atoms with van der Waals surface area (Å²) in [6.07, 6.45) is 3.03. The molecule has 27 heavy (non-hydrogen) atoms. The Hall–Kier alpha value is -1.47. The van der Waals surface area contributed by atoms with Crippen LogP contribution < -0.4 is 4.74 Å². The van der Waals surface area contributed by atoms with Crippen LogP contribution in [0.15, 0.2) is 47.1 Å². The fourth-order valence-corrected chi connectivity index (χ4v) is 3.94. The summed E-state index contributed by atoms with van der Waals surface area (Å²) in [5.74, 6) is 0.807. The van der Waals surface area contributed by atoms with Crippen molar-refractivity contribution in [3.63, 3.8) is 0 Å². The zero-order chi connectivity index (χ0) is 18.7. The Morgan fingerprint density at radius 3 is 2.70 bits per heavy atom. The van der Waals surface area contributed by atoms with E-state index in [4.69, 9.17) is 18.9 Å². The summed E-state index contributed by atoms with van der Waals surface area (Å²) in [6, 6.07) is 14.1. The van der Waals surface area contributed by atoms with E-state index in [-0.39, 0.29) is 12.2 Å². The molecule has 1 atom stereocenters. The first kappa shape index (κ1) is 18.9. The van der Waals surface area contributed by atoms with Gasteiger partial charge in [0.2, 0.25) is 0 Å². The number of aromatic nitrogens is 1. The van der Waals surface area contributed by atoms with Crippen LogP contribution in [0.1, 0.15) is 30.5 Å². The van der Waals surface area contributed by atoms with Gasteiger partial charge in [0.15, 0.2) is 0 Å². The Kier molecular flexibility index (Phi) is 5.78. The van der Waals surface area contributed by atoms with Crippen LogP contribution >= 0.6 is 15.9 Å². The molecule has 1 saturated carbocycles. The second kappa shape index (κ2) is 8.27. The van der Waals surface area contributed by atoms with E-state index in [0.29, 0.717) is 19.8 Å². The maximum Gasteiger partial charge on any atom is 0.135 e. The molecule has 0 N–H and O–H groups in total. The molecule has 144 valence electrons.